The van der Waals surface area contributed by atoms with E-state index >= 15 is 0 Å². The molecule has 2 aromatic carbocycles. The molecule has 0 amide bonds. The quantitative estimate of drug-likeness (QED) is 0.886. The summed E-state index contributed by atoms with van der Waals surface area (Å²) in [5, 5.41) is 11.0. The van der Waals surface area contributed by atoms with Crippen LogP contribution in [0.15, 0.2) is 54.6 Å². The number of hydrogen-bond acceptors (Lipinski definition) is 4. The largest absolute Gasteiger partial charge is 0.497 e. The normalized spacial score (nSPS) is 18.1. The third kappa shape index (κ3) is 4.15. The lowest BCUT2D eigenvalue weighted by Crippen LogP contribution is -2.39. The summed E-state index contributed by atoms with van der Waals surface area (Å²) < 4.78 is 10.7. The van der Waals surface area contributed by atoms with Crippen molar-refractivity contribution in [3.05, 3.63) is 65.7 Å². The highest BCUT2D eigenvalue weighted by molar-refractivity contribution is 5.32. The molecule has 1 N–H and O–H groups in total. The number of rotatable bonds is 6. The van der Waals surface area contributed by atoms with Gasteiger partial charge in [0.1, 0.15) is 5.75 Å². The van der Waals surface area contributed by atoms with Crippen molar-refractivity contribution in [2.45, 2.75) is 12.0 Å². The molecule has 1 aliphatic rings. The van der Waals surface area contributed by atoms with Crippen molar-refractivity contribution in [1.29, 1.82) is 0 Å². The van der Waals surface area contributed by atoms with E-state index in [0.717, 1.165) is 49.7 Å². The van der Waals surface area contributed by atoms with Crippen molar-refractivity contribution >= 4 is 0 Å². The Bertz CT molecular complexity index is 609. The van der Waals surface area contributed by atoms with Crippen LogP contribution < -0.4 is 4.74 Å². The predicted molar refractivity (Wildman–Crippen MR) is 94.4 cm³/mol. The third-order valence-electron chi connectivity index (χ3n) is 4.62. The van der Waals surface area contributed by atoms with Crippen LogP contribution in [0.2, 0.25) is 0 Å². The van der Waals surface area contributed by atoms with Crippen LogP contribution in [0.5, 0.6) is 5.75 Å². The molecule has 0 unspecified atom stereocenters. The van der Waals surface area contributed by atoms with Gasteiger partial charge in [0.2, 0.25) is 0 Å². The standard InChI is InChI=1S/C20H25NO3/c1-23-18-9-7-17(8-10-18)20(22)19(16-5-3-2-4-6-16)15-21-11-13-24-14-12-21/h2-10,19-20,22H,11-15H2,1H3/t19-,20+/m1/s1. The van der Waals surface area contributed by atoms with Gasteiger partial charge in [0, 0.05) is 25.6 Å². The average Bonchev–Trinajstić information content (AvgIpc) is 2.67. The molecular weight excluding hydrogens is 302 g/mol. The highest BCUT2D eigenvalue weighted by atomic mass is 16.5. The van der Waals surface area contributed by atoms with Crippen molar-refractivity contribution in [2.75, 3.05) is 40.0 Å². The van der Waals surface area contributed by atoms with E-state index in [9.17, 15) is 5.11 Å². The first-order chi connectivity index (χ1) is 11.8. The molecule has 0 aromatic heterocycles. The summed E-state index contributed by atoms with van der Waals surface area (Å²) in [4.78, 5) is 2.37. The molecule has 2 aromatic rings. The molecule has 0 aliphatic carbocycles. The molecule has 1 aliphatic heterocycles. The minimum atomic E-state index is -0.554. The Kier molecular flexibility index (Phi) is 5.86. The lowest BCUT2D eigenvalue weighted by molar-refractivity contribution is 0.0240. The Morgan fingerprint density at radius 1 is 1.00 bits per heavy atom. The van der Waals surface area contributed by atoms with Gasteiger partial charge in [-0.25, -0.2) is 0 Å². The zero-order valence-corrected chi connectivity index (χ0v) is 14.1. The van der Waals surface area contributed by atoms with Crippen LogP contribution in [0, 0.1) is 0 Å². The van der Waals surface area contributed by atoms with Crippen molar-refractivity contribution in [1.82, 2.24) is 4.90 Å². The molecule has 4 nitrogen and oxygen atoms in total. The van der Waals surface area contributed by atoms with Crippen molar-refractivity contribution < 1.29 is 14.6 Å². The predicted octanol–water partition coefficient (Wildman–Crippen LogP) is 2.84. The summed E-state index contributed by atoms with van der Waals surface area (Å²) >= 11 is 0. The minimum absolute atomic E-state index is 0.0256. The molecule has 128 valence electrons. The summed E-state index contributed by atoms with van der Waals surface area (Å²) in [7, 11) is 1.65. The molecule has 0 bridgehead atoms. The highest BCUT2D eigenvalue weighted by Crippen LogP contribution is 2.32. The van der Waals surface area contributed by atoms with Crippen molar-refractivity contribution in [3.63, 3.8) is 0 Å². The van der Waals surface area contributed by atoms with Crippen LogP contribution in [0.25, 0.3) is 0 Å². The molecule has 4 heteroatoms. The van der Waals surface area contributed by atoms with Crippen LogP contribution in [0.4, 0.5) is 0 Å². The first kappa shape index (κ1) is 17.0. The van der Waals surface area contributed by atoms with E-state index in [1.54, 1.807) is 7.11 Å². The monoisotopic (exact) mass is 327 g/mol. The van der Waals surface area contributed by atoms with Gasteiger partial charge < -0.3 is 14.6 Å². The lowest BCUT2D eigenvalue weighted by atomic mass is 9.88. The van der Waals surface area contributed by atoms with Crippen LogP contribution in [0.3, 0.4) is 0 Å². The second-order valence-corrected chi connectivity index (χ2v) is 6.15. The van der Waals surface area contributed by atoms with Gasteiger partial charge in [-0.3, -0.25) is 4.90 Å². The van der Waals surface area contributed by atoms with Gasteiger partial charge in [-0.2, -0.15) is 0 Å². The Morgan fingerprint density at radius 2 is 1.67 bits per heavy atom. The maximum absolute atomic E-state index is 11.0. The van der Waals surface area contributed by atoms with Crippen LogP contribution >= 0.6 is 0 Å². The highest BCUT2D eigenvalue weighted by Gasteiger charge is 2.26. The van der Waals surface area contributed by atoms with E-state index in [-0.39, 0.29) is 5.92 Å². The third-order valence-corrected chi connectivity index (χ3v) is 4.62. The Morgan fingerprint density at radius 3 is 2.29 bits per heavy atom. The second-order valence-electron chi connectivity index (χ2n) is 6.15. The van der Waals surface area contributed by atoms with Gasteiger partial charge >= 0.3 is 0 Å². The van der Waals surface area contributed by atoms with E-state index in [2.05, 4.69) is 17.0 Å². The fourth-order valence-corrected chi connectivity index (χ4v) is 3.18. The maximum Gasteiger partial charge on any atom is 0.118 e. The first-order valence-corrected chi connectivity index (χ1v) is 8.45. The average molecular weight is 327 g/mol. The number of hydrogen-bond donors (Lipinski definition) is 1. The molecule has 0 radical (unpaired) electrons. The van der Waals surface area contributed by atoms with E-state index in [0.29, 0.717) is 0 Å². The summed E-state index contributed by atoms with van der Waals surface area (Å²) in [5.74, 6) is 0.827. The van der Waals surface area contributed by atoms with E-state index in [1.165, 1.54) is 0 Å². The SMILES string of the molecule is COc1ccc([C@H](O)[C@H](CN2CCOCC2)c2ccccc2)cc1. The number of methoxy groups -OCH3 is 1. The van der Waals surface area contributed by atoms with Crippen LogP contribution in [-0.2, 0) is 4.74 Å². The van der Waals surface area contributed by atoms with E-state index in [4.69, 9.17) is 9.47 Å². The fraction of sp³-hybridized carbons (Fsp3) is 0.400. The Labute approximate surface area is 143 Å². The number of ether oxygens (including phenoxy) is 2. The van der Waals surface area contributed by atoms with Gasteiger partial charge in [-0.15, -0.1) is 0 Å². The molecule has 24 heavy (non-hydrogen) atoms. The van der Waals surface area contributed by atoms with Crippen molar-refractivity contribution in [3.8, 4) is 5.75 Å². The topological polar surface area (TPSA) is 41.9 Å². The number of aliphatic hydroxyl groups excluding tert-OH is 1. The van der Waals surface area contributed by atoms with Gasteiger partial charge in [-0.05, 0) is 23.3 Å². The molecule has 1 fully saturated rings. The first-order valence-electron chi connectivity index (χ1n) is 8.45. The second kappa shape index (κ2) is 8.29. The van der Waals surface area contributed by atoms with E-state index < -0.39 is 6.10 Å². The minimum Gasteiger partial charge on any atom is -0.497 e. The van der Waals surface area contributed by atoms with E-state index in [1.807, 2.05) is 42.5 Å². The Hall–Kier alpha value is -1.88. The zero-order valence-electron chi connectivity index (χ0n) is 14.1. The molecular formula is C20H25NO3. The number of morpholine rings is 1. The summed E-state index contributed by atoms with van der Waals surface area (Å²) in [6.45, 7) is 4.18. The number of aliphatic hydroxyl groups is 1. The summed E-state index contributed by atoms with van der Waals surface area (Å²) in [6, 6.07) is 17.9. The fourth-order valence-electron chi connectivity index (χ4n) is 3.18. The number of benzene rings is 2. The summed E-state index contributed by atoms with van der Waals surface area (Å²) in [6.07, 6.45) is -0.554. The molecule has 3 rings (SSSR count). The number of nitrogens with zero attached hydrogens (tertiary/aromatic N) is 1. The lowest BCUT2D eigenvalue weighted by Gasteiger charge is -2.33. The molecule has 0 saturated carbocycles. The Balaban J connectivity index is 1.82. The molecule has 2 atom stereocenters. The van der Waals surface area contributed by atoms with Gasteiger partial charge in [0.05, 0.1) is 26.4 Å². The zero-order chi connectivity index (χ0) is 16.8. The molecule has 1 heterocycles. The molecule has 1 saturated heterocycles. The smallest absolute Gasteiger partial charge is 0.118 e. The van der Waals surface area contributed by atoms with Gasteiger partial charge in [0.15, 0.2) is 0 Å². The van der Waals surface area contributed by atoms with Crippen LogP contribution in [0.1, 0.15) is 23.1 Å². The molecule has 0 spiro atoms. The van der Waals surface area contributed by atoms with Crippen molar-refractivity contribution in [2.24, 2.45) is 0 Å². The maximum atomic E-state index is 11.0. The van der Waals surface area contributed by atoms with Gasteiger partial charge in [-0.1, -0.05) is 42.5 Å². The summed E-state index contributed by atoms with van der Waals surface area (Å²) in [5.41, 5.74) is 2.07. The van der Waals surface area contributed by atoms with Gasteiger partial charge in [0.25, 0.3) is 0 Å². The van der Waals surface area contributed by atoms with Crippen LogP contribution in [-0.4, -0.2) is 50.0 Å².